The maximum absolute atomic E-state index is 12.8. The van der Waals surface area contributed by atoms with Crippen LogP contribution in [0.15, 0.2) is 146 Å². The number of carbonyl (C=O) groups is 2. The minimum atomic E-state index is -0.587. The molecule has 0 spiro atoms. The van der Waals surface area contributed by atoms with Crippen LogP contribution in [0.25, 0.3) is 0 Å². The highest BCUT2D eigenvalue weighted by molar-refractivity contribution is 5.70. The Morgan fingerprint density at radius 2 is 0.636 bits per heavy atom. The van der Waals surface area contributed by atoms with E-state index in [9.17, 15) is 9.59 Å². The van der Waals surface area contributed by atoms with Crippen LogP contribution in [-0.4, -0.2) is 37.9 Å². The van der Waals surface area contributed by atoms with Gasteiger partial charge in [-0.05, 0) is 135 Å². The topological polar surface area (TPSA) is 61.8 Å². The van der Waals surface area contributed by atoms with E-state index in [0.29, 0.717) is 19.4 Å². The summed E-state index contributed by atoms with van der Waals surface area (Å²) in [6.45, 7) is 7.34. The molecule has 0 fully saturated rings. The number of rotatable bonds is 46. The van der Waals surface area contributed by atoms with Gasteiger partial charge in [-0.3, -0.25) is 9.59 Å². The number of allylic oxidation sites excluding steroid dienone is 24. The van der Waals surface area contributed by atoms with Gasteiger partial charge >= 0.3 is 11.9 Å². The lowest BCUT2D eigenvalue weighted by molar-refractivity contribution is -0.163. The van der Waals surface area contributed by atoms with Crippen molar-refractivity contribution >= 4 is 11.9 Å². The molecule has 0 saturated carbocycles. The highest BCUT2D eigenvalue weighted by Gasteiger charge is 2.17. The largest absolute Gasteiger partial charge is 0.462 e. The van der Waals surface area contributed by atoms with Crippen LogP contribution in [0.3, 0.4) is 0 Å². The molecule has 66 heavy (non-hydrogen) atoms. The number of ether oxygens (including phenoxy) is 3. The zero-order valence-electron chi connectivity index (χ0n) is 42.4. The highest BCUT2D eigenvalue weighted by Crippen LogP contribution is 2.11. The zero-order chi connectivity index (χ0) is 47.7. The van der Waals surface area contributed by atoms with Gasteiger partial charge in [0.15, 0.2) is 6.10 Å². The molecule has 1 atom stereocenters. The molecule has 0 radical (unpaired) electrons. The first kappa shape index (κ1) is 61.8. The van der Waals surface area contributed by atoms with E-state index < -0.39 is 6.10 Å². The first-order valence-corrected chi connectivity index (χ1v) is 26.4. The van der Waals surface area contributed by atoms with Gasteiger partial charge in [-0.15, -0.1) is 0 Å². The number of carbonyl (C=O) groups excluding carboxylic acids is 2. The predicted molar refractivity (Wildman–Crippen MR) is 288 cm³/mol. The van der Waals surface area contributed by atoms with Crippen molar-refractivity contribution in [3.63, 3.8) is 0 Å². The smallest absolute Gasteiger partial charge is 0.306 e. The Hall–Kier alpha value is -4.22. The molecular formula is C61H96O5. The first-order chi connectivity index (χ1) is 32.6. The normalized spacial score (nSPS) is 13.4. The SMILES string of the molecule is CC/C=C\C/C=C\C/C=C\C/C=C\C/C=C\CCCCCCOCC(COC(=O)CCCC/C=C\C/C=C\C/C=C\C/C=C\CC)OC(=O)CCCCCCC/C=C\C/C=C\C/C=C\CC. The van der Waals surface area contributed by atoms with E-state index >= 15 is 0 Å². The molecule has 5 nitrogen and oxygen atoms in total. The standard InChI is InChI=1S/C61H96O5/c1-4-7-10-13-16-19-22-25-28-29-30-31-32-35-38-41-44-47-50-53-56-64-57-59(66-61(63)55-52-49-46-43-40-37-34-27-24-21-18-15-12-9-6-3)58-65-60(62)54-51-48-45-42-39-36-33-26-23-20-17-14-11-8-5-2/h7-12,16-21,25-28,30-31,33-35,38-39,42,59H,4-6,13-15,22-24,29,32,36-37,40-41,43-58H2,1-3H3/b10-7-,11-8-,12-9-,19-16-,20-17-,21-18-,28-25-,31-30-,33-26-,34-27-,38-35-,42-39-. The van der Waals surface area contributed by atoms with Gasteiger partial charge in [0.1, 0.15) is 6.61 Å². The number of hydrogen-bond donors (Lipinski definition) is 0. The molecule has 370 valence electrons. The Labute approximate surface area is 406 Å². The zero-order valence-corrected chi connectivity index (χ0v) is 42.4. The molecule has 0 amide bonds. The summed E-state index contributed by atoms with van der Waals surface area (Å²) in [6.07, 6.45) is 80.0. The summed E-state index contributed by atoms with van der Waals surface area (Å²) in [5.74, 6) is -0.492. The van der Waals surface area contributed by atoms with Gasteiger partial charge in [-0.1, -0.05) is 199 Å². The van der Waals surface area contributed by atoms with Crippen LogP contribution in [0.2, 0.25) is 0 Å². The van der Waals surface area contributed by atoms with E-state index in [2.05, 4.69) is 167 Å². The fourth-order valence-corrected chi connectivity index (χ4v) is 6.54. The fourth-order valence-electron chi connectivity index (χ4n) is 6.54. The number of hydrogen-bond acceptors (Lipinski definition) is 5. The Morgan fingerprint density at radius 3 is 1.05 bits per heavy atom. The molecule has 1 unspecified atom stereocenters. The lowest BCUT2D eigenvalue weighted by Gasteiger charge is -2.18. The van der Waals surface area contributed by atoms with Gasteiger partial charge < -0.3 is 14.2 Å². The van der Waals surface area contributed by atoms with Crippen LogP contribution < -0.4 is 0 Å². The lowest BCUT2D eigenvalue weighted by atomic mass is 10.1. The van der Waals surface area contributed by atoms with Gasteiger partial charge in [0.25, 0.3) is 0 Å². The van der Waals surface area contributed by atoms with Crippen LogP contribution in [-0.2, 0) is 23.8 Å². The minimum Gasteiger partial charge on any atom is -0.462 e. The quantitative estimate of drug-likeness (QED) is 0.0346. The minimum absolute atomic E-state index is 0.0356. The van der Waals surface area contributed by atoms with Gasteiger partial charge in [0, 0.05) is 19.4 Å². The second-order valence-electron chi connectivity index (χ2n) is 16.6. The molecule has 0 aromatic rings. The first-order valence-electron chi connectivity index (χ1n) is 26.4. The summed E-state index contributed by atoms with van der Waals surface area (Å²) >= 11 is 0. The van der Waals surface area contributed by atoms with Gasteiger partial charge in [0.05, 0.1) is 6.61 Å². The summed E-state index contributed by atoms with van der Waals surface area (Å²) in [5.41, 5.74) is 0. The van der Waals surface area contributed by atoms with E-state index in [-0.39, 0.29) is 25.2 Å². The van der Waals surface area contributed by atoms with Crippen molar-refractivity contribution in [3.05, 3.63) is 146 Å². The molecule has 0 aromatic heterocycles. The Kier molecular flexibility index (Phi) is 51.6. The molecular weight excluding hydrogens is 813 g/mol. The molecule has 0 aliphatic carbocycles. The predicted octanol–water partition coefficient (Wildman–Crippen LogP) is 18.1. The summed E-state index contributed by atoms with van der Waals surface area (Å²) < 4.78 is 17.3. The summed E-state index contributed by atoms with van der Waals surface area (Å²) in [6, 6.07) is 0. The van der Waals surface area contributed by atoms with Crippen molar-refractivity contribution in [1.29, 1.82) is 0 Å². The van der Waals surface area contributed by atoms with E-state index in [0.717, 1.165) is 161 Å². The van der Waals surface area contributed by atoms with E-state index in [1.54, 1.807) is 0 Å². The third kappa shape index (κ3) is 52.4. The summed E-state index contributed by atoms with van der Waals surface area (Å²) in [4.78, 5) is 25.4. The number of unbranched alkanes of at least 4 members (excludes halogenated alkanes) is 11. The molecule has 0 saturated heterocycles. The van der Waals surface area contributed by atoms with Crippen LogP contribution >= 0.6 is 0 Å². The van der Waals surface area contributed by atoms with E-state index in [1.165, 1.54) is 6.42 Å². The molecule has 0 N–H and O–H groups in total. The molecule has 0 rings (SSSR count). The Morgan fingerprint density at radius 1 is 0.333 bits per heavy atom. The monoisotopic (exact) mass is 909 g/mol. The second kappa shape index (κ2) is 55.1. The van der Waals surface area contributed by atoms with Crippen LogP contribution in [0.4, 0.5) is 0 Å². The van der Waals surface area contributed by atoms with Crippen LogP contribution in [0.1, 0.15) is 201 Å². The fraction of sp³-hybridized carbons (Fsp3) is 0.574. The molecule has 5 heteroatoms. The van der Waals surface area contributed by atoms with Gasteiger partial charge in [-0.2, -0.15) is 0 Å². The van der Waals surface area contributed by atoms with Gasteiger partial charge in [0.2, 0.25) is 0 Å². The Balaban J connectivity index is 4.45. The third-order valence-electron chi connectivity index (χ3n) is 10.4. The maximum Gasteiger partial charge on any atom is 0.306 e. The molecule has 0 heterocycles. The second-order valence-corrected chi connectivity index (χ2v) is 16.6. The van der Waals surface area contributed by atoms with Crippen molar-refractivity contribution < 1.29 is 23.8 Å². The Bertz CT molecular complexity index is 1450. The highest BCUT2D eigenvalue weighted by atomic mass is 16.6. The molecule has 0 aliphatic rings. The van der Waals surface area contributed by atoms with E-state index in [4.69, 9.17) is 14.2 Å². The third-order valence-corrected chi connectivity index (χ3v) is 10.4. The van der Waals surface area contributed by atoms with Crippen LogP contribution in [0, 0.1) is 0 Å². The van der Waals surface area contributed by atoms with Crippen molar-refractivity contribution in [1.82, 2.24) is 0 Å². The van der Waals surface area contributed by atoms with Gasteiger partial charge in [-0.25, -0.2) is 0 Å². The summed E-state index contributed by atoms with van der Waals surface area (Å²) in [5, 5.41) is 0. The van der Waals surface area contributed by atoms with Crippen molar-refractivity contribution in [3.8, 4) is 0 Å². The molecule has 0 aromatic carbocycles. The average Bonchev–Trinajstić information content (AvgIpc) is 3.32. The lowest BCUT2D eigenvalue weighted by Crippen LogP contribution is -2.30. The van der Waals surface area contributed by atoms with E-state index in [1.807, 2.05) is 0 Å². The van der Waals surface area contributed by atoms with Crippen molar-refractivity contribution in [2.24, 2.45) is 0 Å². The van der Waals surface area contributed by atoms with Crippen molar-refractivity contribution in [2.75, 3.05) is 19.8 Å². The van der Waals surface area contributed by atoms with Crippen LogP contribution in [0.5, 0.6) is 0 Å². The van der Waals surface area contributed by atoms with Crippen molar-refractivity contribution in [2.45, 2.75) is 207 Å². The summed E-state index contributed by atoms with van der Waals surface area (Å²) in [7, 11) is 0. The maximum atomic E-state index is 12.8. The average molecular weight is 909 g/mol. The molecule has 0 aliphatic heterocycles. The number of esters is 2. The molecule has 0 bridgehead atoms.